The van der Waals surface area contributed by atoms with E-state index in [0.717, 1.165) is 0 Å². The Kier molecular flexibility index (Phi) is 4.07. The van der Waals surface area contributed by atoms with Crippen LogP contribution in [0.2, 0.25) is 0 Å². The van der Waals surface area contributed by atoms with Crippen LogP contribution in [0.5, 0.6) is 5.75 Å². The molecule has 132 valence electrons. The molecule has 2 N–H and O–H groups in total. The number of rotatable bonds is 4. The van der Waals surface area contributed by atoms with Crippen LogP contribution in [0.25, 0.3) is 0 Å². The number of urea groups is 1. The molecule has 2 aromatic rings. The number of anilines is 1. The van der Waals surface area contributed by atoms with E-state index in [2.05, 4.69) is 22.7 Å². The second-order valence-electron chi connectivity index (χ2n) is 6.73. The van der Waals surface area contributed by atoms with Crippen molar-refractivity contribution in [3.05, 3.63) is 42.0 Å². The first-order valence-electron chi connectivity index (χ1n) is 8.64. The summed E-state index contributed by atoms with van der Waals surface area (Å²) in [5, 5.41) is 10.0. The number of carbonyl (C=O) groups excluding carboxylic acids is 1. The molecule has 4 rings (SSSR count). The van der Waals surface area contributed by atoms with Crippen molar-refractivity contribution < 1.29 is 13.9 Å². The van der Waals surface area contributed by atoms with Gasteiger partial charge in [0.1, 0.15) is 0 Å². The maximum absolute atomic E-state index is 13.8. The number of halogens is 1. The van der Waals surface area contributed by atoms with Gasteiger partial charge >= 0.3 is 6.03 Å². The zero-order chi connectivity index (χ0) is 17.4. The number of nitrogens with zero attached hydrogens (tertiary/aromatic N) is 2. The van der Waals surface area contributed by atoms with Crippen molar-refractivity contribution in [2.45, 2.75) is 38.3 Å². The number of fused-ring (bicyclic) bond motifs is 1. The van der Waals surface area contributed by atoms with Crippen molar-refractivity contribution in [2.75, 3.05) is 11.9 Å². The van der Waals surface area contributed by atoms with Crippen LogP contribution in [0, 0.1) is 11.7 Å². The molecule has 0 radical (unpaired) electrons. The van der Waals surface area contributed by atoms with E-state index in [-0.39, 0.29) is 17.8 Å². The number of nitrogens with one attached hydrogen (secondary N) is 2. The van der Waals surface area contributed by atoms with Crippen LogP contribution < -0.4 is 15.4 Å². The fourth-order valence-corrected chi connectivity index (χ4v) is 3.28. The molecule has 0 saturated heterocycles. The highest BCUT2D eigenvalue weighted by molar-refractivity contribution is 5.89. The first kappa shape index (κ1) is 15.9. The van der Waals surface area contributed by atoms with Crippen molar-refractivity contribution in [1.29, 1.82) is 0 Å². The van der Waals surface area contributed by atoms with Crippen molar-refractivity contribution in [3.8, 4) is 5.75 Å². The zero-order valence-corrected chi connectivity index (χ0v) is 14.0. The maximum atomic E-state index is 13.8. The highest BCUT2D eigenvalue weighted by Gasteiger charge is 2.30. The molecule has 25 heavy (non-hydrogen) atoms. The number of benzene rings is 1. The normalized spacial score (nSPS) is 20.3. The second-order valence-corrected chi connectivity index (χ2v) is 6.73. The Balaban J connectivity index is 1.41. The third kappa shape index (κ3) is 3.31. The number of carbonyl (C=O) groups is 1. The highest BCUT2D eigenvalue weighted by atomic mass is 19.1. The molecule has 1 aliphatic heterocycles. The summed E-state index contributed by atoms with van der Waals surface area (Å²) in [6.45, 7) is 2.51. The minimum absolute atomic E-state index is 0.227. The van der Waals surface area contributed by atoms with Crippen molar-refractivity contribution in [1.82, 2.24) is 15.1 Å². The van der Waals surface area contributed by atoms with Gasteiger partial charge in [0.15, 0.2) is 11.6 Å². The summed E-state index contributed by atoms with van der Waals surface area (Å²) in [5.41, 5.74) is 1.32. The van der Waals surface area contributed by atoms with Gasteiger partial charge in [-0.15, -0.1) is 0 Å². The SMILES string of the molecule is C[C@@H](C1CC1)n1cc(NC(=O)N[C@H]2CCOc3c(F)cccc32)cn1. The maximum Gasteiger partial charge on any atom is 0.319 e. The first-order valence-corrected chi connectivity index (χ1v) is 8.64. The van der Waals surface area contributed by atoms with Gasteiger partial charge in [-0.25, -0.2) is 9.18 Å². The molecular weight excluding hydrogens is 323 g/mol. The van der Waals surface area contributed by atoms with Gasteiger partial charge < -0.3 is 15.4 Å². The van der Waals surface area contributed by atoms with E-state index in [1.807, 2.05) is 10.9 Å². The van der Waals surface area contributed by atoms with Gasteiger partial charge in [0, 0.05) is 18.2 Å². The van der Waals surface area contributed by atoms with Gasteiger partial charge in [0.2, 0.25) is 0 Å². The van der Waals surface area contributed by atoms with Gasteiger partial charge in [0.05, 0.1) is 30.6 Å². The molecule has 6 nitrogen and oxygen atoms in total. The first-order chi connectivity index (χ1) is 12.1. The van der Waals surface area contributed by atoms with Crippen LogP contribution in [-0.4, -0.2) is 22.4 Å². The van der Waals surface area contributed by atoms with E-state index in [1.54, 1.807) is 18.3 Å². The lowest BCUT2D eigenvalue weighted by Gasteiger charge is -2.26. The summed E-state index contributed by atoms with van der Waals surface area (Å²) in [6, 6.07) is 4.50. The molecule has 7 heteroatoms. The Hall–Kier alpha value is -2.57. The number of aromatic nitrogens is 2. The fourth-order valence-electron chi connectivity index (χ4n) is 3.28. The minimum Gasteiger partial charge on any atom is -0.490 e. The third-order valence-electron chi connectivity index (χ3n) is 4.91. The van der Waals surface area contributed by atoms with Crippen molar-refractivity contribution in [2.24, 2.45) is 5.92 Å². The van der Waals surface area contributed by atoms with Crippen LogP contribution in [-0.2, 0) is 0 Å². The Morgan fingerprint density at radius 2 is 2.24 bits per heavy atom. The van der Waals surface area contributed by atoms with Crippen LogP contribution in [0.4, 0.5) is 14.9 Å². The van der Waals surface area contributed by atoms with Gasteiger partial charge in [-0.1, -0.05) is 12.1 Å². The van der Waals surface area contributed by atoms with Crippen molar-refractivity contribution >= 4 is 11.7 Å². The van der Waals surface area contributed by atoms with Gasteiger partial charge in [-0.2, -0.15) is 5.10 Å². The molecule has 0 spiro atoms. The summed E-state index contributed by atoms with van der Waals surface area (Å²) < 4.78 is 21.1. The number of para-hydroxylation sites is 1. The quantitative estimate of drug-likeness (QED) is 0.890. The number of amides is 2. The summed E-state index contributed by atoms with van der Waals surface area (Å²) in [4.78, 5) is 12.3. The number of hydrogen-bond acceptors (Lipinski definition) is 3. The monoisotopic (exact) mass is 344 g/mol. The molecular formula is C18H21FN4O2. The lowest BCUT2D eigenvalue weighted by Crippen LogP contribution is -2.35. The van der Waals surface area contributed by atoms with Crippen LogP contribution in [0.15, 0.2) is 30.6 Å². The molecule has 2 aliphatic rings. The van der Waals surface area contributed by atoms with Gasteiger partial charge in [-0.05, 0) is 31.7 Å². The van der Waals surface area contributed by atoms with E-state index >= 15 is 0 Å². The smallest absolute Gasteiger partial charge is 0.319 e. The predicted molar refractivity (Wildman–Crippen MR) is 91.1 cm³/mol. The van der Waals surface area contributed by atoms with E-state index in [1.165, 1.54) is 18.9 Å². The largest absolute Gasteiger partial charge is 0.490 e. The molecule has 1 aliphatic carbocycles. The molecule has 1 aromatic carbocycles. The molecule has 0 bridgehead atoms. The Labute approximate surface area is 145 Å². The van der Waals surface area contributed by atoms with Crippen molar-refractivity contribution in [3.63, 3.8) is 0 Å². The average Bonchev–Trinajstić information content (AvgIpc) is 3.35. The average molecular weight is 344 g/mol. The summed E-state index contributed by atoms with van der Waals surface area (Å²) >= 11 is 0. The van der Waals surface area contributed by atoms with E-state index in [9.17, 15) is 9.18 Å². The number of hydrogen-bond donors (Lipinski definition) is 2. The standard InChI is InChI=1S/C18H21FN4O2/c1-11(12-5-6-12)23-10-13(9-20-23)21-18(24)22-16-7-8-25-17-14(16)3-2-4-15(17)19/h2-4,9-12,16H,5-8H2,1H3,(H2,21,22,24)/t11-,16-/m0/s1. The highest BCUT2D eigenvalue weighted by Crippen LogP contribution is 2.39. The summed E-state index contributed by atoms with van der Waals surface area (Å²) in [5.74, 6) is 0.514. The Morgan fingerprint density at radius 1 is 1.40 bits per heavy atom. The Bertz CT molecular complexity index is 787. The molecule has 1 fully saturated rings. The lowest BCUT2D eigenvalue weighted by atomic mass is 10.0. The summed E-state index contributed by atoms with van der Waals surface area (Å²) in [6.07, 6.45) is 6.58. The zero-order valence-electron chi connectivity index (χ0n) is 14.0. The molecule has 2 atom stereocenters. The molecule has 2 amide bonds. The van der Waals surface area contributed by atoms with Crippen LogP contribution >= 0.6 is 0 Å². The topological polar surface area (TPSA) is 68.2 Å². The van der Waals surface area contributed by atoms with Crippen LogP contribution in [0.1, 0.15) is 43.8 Å². The third-order valence-corrected chi connectivity index (χ3v) is 4.91. The van der Waals surface area contributed by atoms with Gasteiger partial charge in [-0.3, -0.25) is 4.68 Å². The van der Waals surface area contributed by atoms with E-state index in [0.29, 0.717) is 36.2 Å². The molecule has 1 saturated carbocycles. The predicted octanol–water partition coefficient (Wildman–Crippen LogP) is 3.64. The number of ether oxygens (including phenoxy) is 1. The van der Waals surface area contributed by atoms with E-state index in [4.69, 9.17) is 4.74 Å². The van der Waals surface area contributed by atoms with Crippen LogP contribution in [0.3, 0.4) is 0 Å². The molecule has 2 heterocycles. The minimum atomic E-state index is -0.403. The Morgan fingerprint density at radius 3 is 3.04 bits per heavy atom. The molecule has 0 unspecified atom stereocenters. The molecule has 1 aromatic heterocycles. The van der Waals surface area contributed by atoms with E-state index < -0.39 is 5.82 Å². The second kappa shape index (κ2) is 6.38. The lowest BCUT2D eigenvalue weighted by molar-refractivity contribution is 0.227. The fraction of sp³-hybridized carbons (Fsp3) is 0.444. The van der Waals surface area contributed by atoms with Gasteiger partial charge in [0.25, 0.3) is 0 Å². The summed E-state index contributed by atoms with van der Waals surface area (Å²) in [7, 11) is 0.